The van der Waals surface area contributed by atoms with Crippen molar-refractivity contribution in [2.24, 2.45) is 5.84 Å². The fourth-order valence-electron chi connectivity index (χ4n) is 2.08. The monoisotopic (exact) mass is 401 g/mol. The van der Waals surface area contributed by atoms with Crippen molar-refractivity contribution < 1.29 is 0 Å². The van der Waals surface area contributed by atoms with E-state index in [2.05, 4.69) is 61.2 Å². The van der Waals surface area contributed by atoms with Crippen LogP contribution in [0.1, 0.15) is 37.3 Å². The molecule has 0 fully saturated rings. The Kier molecular flexibility index (Phi) is 5.31. The van der Waals surface area contributed by atoms with Gasteiger partial charge in [-0.05, 0) is 37.6 Å². The Morgan fingerprint density at radius 1 is 1.25 bits per heavy atom. The Hall–Kier alpha value is -0.760. The highest BCUT2D eigenvalue weighted by atomic mass is 79.9. The number of hydrazine groups is 1. The minimum absolute atomic E-state index is 0.0227. The molecule has 0 aliphatic carbocycles. The molecule has 5 nitrogen and oxygen atoms in total. The average molecular weight is 403 g/mol. The van der Waals surface area contributed by atoms with Crippen molar-refractivity contribution in [3.05, 3.63) is 44.9 Å². The van der Waals surface area contributed by atoms with Gasteiger partial charge >= 0.3 is 0 Å². The first kappa shape index (κ1) is 15.6. The molecular formula is C13H17Br2N5. The largest absolute Gasteiger partial charge is 0.271 e. The second kappa shape index (κ2) is 6.80. The summed E-state index contributed by atoms with van der Waals surface area (Å²) in [7, 11) is 0. The van der Waals surface area contributed by atoms with Crippen LogP contribution < -0.4 is 11.3 Å². The van der Waals surface area contributed by atoms with Gasteiger partial charge in [-0.25, -0.2) is 9.67 Å². The number of benzene rings is 1. The second-order valence-corrected chi connectivity index (χ2v) is 6.67. The highest BCUT2D eigenvalue weighted by Gasteiger charge is 2.16. The summed E-state index contributed by atoms with van der Waals surface area (Å²) >= 11 is 6.99. The Bertz CT molecular complexity index is 562. The van der Waals surface area contributed by atoms with E-state index in [1.807, 2.05) is 22.9 Å². The van der Waals surface area contributed by atoms with Gasteiger partial charge < -0.3 is 0 Å². The number of hydrogen-bond donors (Lipinski definition) is 2. The van der Waals surface area contributed by atoms with E-state index in [9.17, 15) is 0 Å². The number of nitrogens with two attached hydrogens (primary N) is 1. The summed E-state index contributed by atoms with van der Waals surface area (Å²) in [5.74, 6) is 6.63. The molecule has 108 valence electrons. The van der Waals surface area contributed by atoms with Gasteiger partial charge in [0.2, 0.25) is 0 Å². The van der Waals surface area contributed by atoms with Crippen LogP contribution in [0.25, 0.3) is 0 Å². The van der Waals surface area contributed by atoms with E-state index in [0.29, 0.717) is 6.42 Å². The Morgan fingerprint density at radius 2 is 1.90 bits per heavy atom. The maximum absolute atomic E-state index is 5.71. The Morgan fingerprint density at radius 3 is 2.45 bits per heavy atom. The average Bonchev–Trinajstić information content (AvgIpc) is 2.82. The van der Waals surface area contributed by atoms with Crippen LogP contribution >= 0.6 is 31.9 Å². The molecule has 1 aromatic heterocycles. The number of nitrogens with zero attached hydrogens (tertiary/aromatic N) is 3. The summed E-state index contributed by atoms with van der Waals surface area (Å²) in [6.45, 7) is 4.16. The number of hydrogen-bond acceptors (Lipinski definition) is 4. The normalized spacial score (nSPS) is 12.9. The molecule has 0 spiro atoms. The van der Waals surface area contributed by atoms with Gasteiger partial charge in [-0.15, -0.1) is 0 Å². The summed E-state index contributed by atoms with van der Waals surface area (Å²) in [6, 6.07) is 6.34. The predicted octanol–water partition coefficient (Wildman–Crippen LogP) is 3.13. The molecule has 1 heterocycles. The maximum Gasteiger partial charge on any atom is 0.138 e. The van der Waals surface area contributed by atoms with Crippen molar-refractivity contribution in [3.63, 3.8) is 0 Å². The molecule has 1 atom stereocenters. The third-order valence-corrected chi connectivity index (χ3v) is 3.93. The molecular weight excluding hydrogens is 386 g/mol. The van der Waals surface area contributed by atoms with Crippen molar-refractivity contribution in [3.8, 4) is 0 Å². The summed E-state index contributed by atoms with van der Waals surface area (Å²) in [5.41, 5.74) is 3.94. The van der Waals surface area contributed by atoms with Crippen LogP contribution in [-0.4, -0.2) is 14.8 Å². The van der Waals surface area contributed by atoms with Gasteiger partial charge in [0, 0.05) is 21.4 Å². The zero-order chi connectivity index (χ0) is 14.7. The molecule has 0 bridgehead atoms. The van der Waals surface area contributed by atoms with E-state index in [4.69, 9.17) is 5.84 Å². The quantitative estimate of drug-likeness (QED) is 0.595. The third kappa shape index (κ3) is 3.66. The molecule has 2 aromatic rings. The summed E-state index contributed by atoms with van der Waals surface area (Å²) in [4.78, 5) is 4.33. The van der Waals surface area contributed by atoms with E-state index in [1.54, 1.807) is 6.33 Å². The molecule has 1 aromatic carbocycles. The van der Waals surface area contributed by atoms with Crippen LogP contribution in [0.4, 0.5) is 0 Å². The van der Waals surface area contributed by atoms with Gasteiger partial charge in [0.25, 0.3) is 0 Å². The Balaban J connectivity index is 2.26. The van der Waals surface area contributed by atoms with E-state index in [-0.39, 0.29) is 12.1 Å². The van der Waals surface area contributed by atoms with Crippen molar-refractivity contribution in [1.82, 2.24) is 20.2 Å². The fraction of sp³-hybridized carbons (Fsp3) is 0.385. The minimum atomic E-state index is -0.0227. The van der Waals surface area contributed by atoms with Crippen LogP contribution in [0.2, 0.25) is 0 Å². The molecule has 0 aliphatic heterocycles. The van der Waals surface area contributed by atoms with Gasteiger partial charge in [0.05, 0.1) is 6.04 Å². The molecule has 0 aliphatic rings. The zero-order valence-electron chi connectivity index (χ0n) is 11.3. The molecule has 2 rings (SSSR count). The number of rotatable bonds is 5. The standard InChI is InChI=1S/C13H17Br2N5/c1-8(2)20-13(17-7-18-20)6-12(19-16)9-3-10(14)5-11(15)4-9/h3-5,7-8,12,19H,6,16H2,1-2H3. The highest BCUT2D eigenvalue weighted by Crippen LogP contribution is 2.26. The molecule has 3 N–H and O–H groups in total. The van der Waals surface area contributed by atoms with Crippen LogP contribution in [0, 0.1) is 0 Å². The fourth-order valence-corrected chi connectivity index (χ4v) is 3.41. The third-order valence-electron chi connectivity index (χ3n) is 3.01. The predicted molar refractivity (Wildman–Crippen MR) is 86.0 cm³/mol. The van der Waals surface area contributed by atoms with Gasteiger partial charge in [0.1, 0.15) is 12.2 Å². The van der Waals surface area contributed by atoms with Crippen molar-refractivity contribution >= 4 is 31.9 Å². The van der Waals surface area contributed by atoms with E-state index < -0.39 is 0 Å². The first-order valence-corrected chi connectivity index (χ1v) is 7.90. The van der Waals surface area contributed by atoms with E-state index in [0.717, 1.165) is 20.3 Å². The van der Waals surface area contributed by atoms with Crippen molar-refractivity contribution in [2.45, 2.75) is 32.4 Å². The topological polar surface area (TPSA) is 68.8 Å². The van der Waals surface area contributed by atoms with Gasteiger partial charge in [-0.2, -0.15) is 5.10 Å². The highest BCUT2D eigenvalue weighted by molar-refractivity contribution is 9.11. The van der Waals surface area contributed by atoms with Crippen LogP contribution in [0.3, 0.4) is 0 Å². The van der Waals surface area contributed by atoms with E-state index >= 15 is 0 Å². The molecule has 0 amide bonds. The number of halogens is 2. The lowest BCUT2D eigenvalue weighted by atomic mass is 10.0. The van der Waals surface area contributed by atoms with Crippen LogP contribution in [0.5, 0.6) is 0 Å². The molecule has 0 saturated carbocycles. The van der Waals surface area contributed by atoms with Crippen molar-refractivity contribution in [1.29, 1.82) is 0 Å². The molecule has 1 unspecified atom stereocenters. The molecule has 20 heavy (non-hydrogen) atoms. The zero-order valence-corrected chi connectivity index (χ0v) is 14.5. The first-order chi connectivity index (χ1) is 9.51. The van der Waals surface area contributed by atoms with Gasteiger partial charge in [0.15, 0.2) is 0 Å². The first-order valence-electron chi connectivity index (χ1n) is 6.31. The minimum Gasteiger partial charge on any atom is -0.271 e. The van der Waals surface area contributed by atoms with Gasteiger partial charge in [-0.1, -0.05) is 31.9 Å². The molecule has 0 radical (unpaired) electrons. The molecule has 7 heteroatoms. The Labute approximate surface area is 135 Å². The lowest BCUT2D eigenvalue weighted by Gasteiger charge is -2.18. The number of aromatic nitrogens is 3. The summed E-state index contributed by atoms with van der Waals surface area (Å²) in [5, 5.41) is 4.25. The summed E-state index contributed by atoms with van der Waals surface area (Å²) < 4.78 is 3.93. The maximum atomic E-state index is 5.71. The number of nitrogens with one attached hydrogen (secondary N) is 1. The second-order valence-electron chi connectivity index (χ2n) is 4.84. The molecule has 0 saturated heterocycles. The lowest BCUT2D eigenvalue weighted by molar-refractivity contribution is 0.468. The van der Waals surface area contributed by atoms with Crippen molar-refractivity contribution in [2.75, 3.05) is 0 Å². The van der Waals surface area contributed by atoms with Crippen LogP contribution in [0.15, 0.2) is 33.5 Å². The van der Waals surface area contributed by atoms with Crippen LogP contribution in [-0.2, 0) is 6.42 Å². The SMILES string of the molecule is CC(C)n1ncnc1CC(NN)c1cc(Br)cc(Br)c1. The smallest absolute Gasteiger partial charge is 0.138 e. The lowest BCUT2D eigenvalue weighted by Crippen LogP contribution is -2.30. The van der Waals surface area contributed by atoms with Gasteiger partial charge in [-0.3, -0.25) is 11.3 Å². The van der Waals surface area contributed by atoms with E-state index in [1.165, 1.54) is 0 Å². The summed E-state index contributed by atoms with van der Waals surface area (Å²) in [6.07, 6.45) is 2.26.